The number of hydrogen-bond donors (Lipinski definition) is 1. The Morgan fingerprint density at radius 2 is 1.95 bits per heavy atom. The summed E-state index contributed by atoms with van der Waals surface area (Å²) in [6.45, 7) is 0. The molecule has 0 saturated heterocycles. The molecule has 4 rings (SSSR count). The number of benzene rings is 1. The molecule has 0 bridgehead atoms. The number of hydrogen-bond acceptors (Lipinski definition) is 4. The second-order valence-corrected chi connectivity index (χ2v) is 7.21. The first-order valence-corrected chi connectivity index (χ1v) is 8.77. The Bertz CT molecular complexity index is 860. The van der Waals surface area contributed by atoms with Gasteiger partial charge in [-0.15, -0.1) is 11.3 Å². The minimum absolute atomic E-state index is 0.514. The van der Waals surface area contributed by atoms with Crippen molar-refractivity contribution in [2.24, 2.45) is 0 Å². The summed E-state index contributed by atoms with van der Waals surface area (Å²) in [5.74, 6) is 0.813. The number of thiophene rings is 1. The van der Waals surface area contributed by atoms with Crippen LogP contribution in [0.15, 0.2) is 24.5 Å². The molecule has 0 amide bonds. The normalized spacial score (nSPS) is 14.1. The summed E-state index contributed by atoms with van der Waals surface area (Å²) in [6.07, 6.45) is 6.33. The van der Waals surface area contributed by atoms with Crippen molar-refractivity contribution in [1.82, 2.24) is 9.97 Å². The van der Waals surface area contributed by atoms with Crippen molar-refractivity contribution in [2.75, 3.05) is 5.32 Å². The van der Waals surface area contributed by atoms with E-state index in [1.54, 1.807) is 23.7 Å². The van der Waals surface area contributed by atoms with Crippen molar-refractivity contribution in [3.8, 4) is 0 Å². The van der Waals surface area contributed by atoms with Gasteiger partial charge < -0.3 is 5.32 Å². The van der Waals surface area contributed by atoms with Crippen LogP contribution in [0.4, 0.5) is 11.5 Å². The largest absolute Gasteiger partial charge is 0.338 e. The molecule has 1 aliphatic rings. The Morgan fingerprint density at radius 1 is 1.09 bits per heavy atom. The fraction of sp³-hybridized carbons (Fsp3) is 0.250. The number of halogens is 2. The fourth-order valence-electron chi connectivity index (χ4n) is 2.91. The summed E-state index contributed by atoms with van der Waals surface area (Å²) in [5.41, 5.74) is 2.16. The van der Waals surface area contributed by atoms with Crippen molar-refractivity contribution in [1.29, 1.82) is 0 Å². The average molecular weight is 350 g/mol. The lowest BCUT2D eigenvalue weighted by molar-refractivity contribution is 0.700. The molecular formula is C16H13Cl2N3S. The van der Waals surface area contributed by atoms with Gasteiger partial charge in [-0.05, 0) is 43.4 Å². The van der Waals surface area contributed by atoms with Gasteiger partial charge in [0.05, 0.1) is 21.1 Å². The average Bonchev–Trinajstić information content (AvgIpc) is 2.91. The van der Waals surface area contributed by atoms with Gasteiger partial charge in [-0.1, -0.05) is 29.3 Å². The predicted molar refractivity (Wildman–Crippen MR) is 93.8 cm³/mol. The maximum absolute atomic E-state index is 6.28. The third kappa shape index (κ3) is 2.35. The van der Waals surface area contributed by atoms with Gasteiger partial charge in [0.1, 0.15) is 17.0 Å². The Labute approximate surface area is 142 Å². The molecule has 3 aromatic rings. The smallest absolute Gasteiger partial charge is 0.142 e. The summed E-state index contributed by atoms with van der Waals surface area (Å²) in [7, 11) is 0. The van der Waals surface area contributed by atoms with Crippen LogP contribution < -0.4 is 5.32 Å². The van der Waals surface area contributed by atoms with Gasteiger partial charge >= 0.3 is 0 Å². The fourth-order valence-corrected chi connectivity index (χ4v) is 4.49. The van der Waals surface area contributed by atoms with Crippen LogP contribution >= 0.6 is 34.5 Å². The van der Waals surface area contributed by atoms with Crippen molar-refractivity contribution in [2.45, 2.75) is 25.7 Å². The number of aryl methyl sites for hydroxylation is 2. The predicted octanol–water partition coefficient (Wildman–Crippen LogP) is 5.62. The van der Waals surface area contributed by atoms with Crippen molar-refractivity contribution in [3.05, 3.63) is 45.0 Å². The minimum atomic E-state index is 0.514. The van der Waals surface area contributed by atoms with Crippen LogP contribution in [0.1, 0.15) is 23.3 Å². The molecule has 112 valence electrons. The number of nitrogens with zero attached hydrogens (tertiary/aromatic N) is 2. The number of nitrogens with one attached hydrogen (secondary N) is 1. The molecule has 1 N–H and O–H groups in total. The van der Waals surface area contributed by atoms with Gasteiger partial charge in [0.25, 0.3) is 0 Å². The molecule has 0 atom stereocenters. The summed E-state index contributed by atoms with van der Waals surface area (Å²) in [5, 5.41) is 5.51. The molecule has 0 unspecified atom stereocenters. The first-order valence-electron chi connectivity index (χ1n) is 7.20. The quantitative estimate of drug-likeness (QED) is 0.652. The first kappa shape index (κ1) is 14.2. The zero-order valence-electron chi connectivity index (χ0n) is 11.7. The summed E-state index contributed by atoms with van der Waals surface area (Å²) in [4.78, 5) is 11.4. The zero-order valence-corrected chi connectivity index (χ0v) is 14.0. The van der Waals surface area contributed by atoms with Crippen molar-refractivity contribution in [3.63, 3.8) is 0 Å². The highest BCUT2D eigenvalue weighted by Gasteiger charge is 2.20. The lowest BCUT2D eigenvalue weighted by Gasteiger charge is -2.13. The second kappa shape index (κ2) is 5.69. The van der Waals surface area contributed by atoms with Gasteiger partial charge in [0.15, 0.2) is 0 Å². The van der Waals surface area contributed by atoms with Gasteiger partial charge in [-0.25, -0.2) is 9.97 Å². The van der Waals surface area contributed by atoms with Crippen LogP contribution in [0.5, 0.6) is 0 Å². The molecule has 1 aromatic carbocycles. The SMILES string of the molecule is Clc1cccc(Nc2ncnc3sc4c(c23)CCCC4)c1Cl. The maximum atomic E-state index is 6.28. The highest BCUT2D eigenvalue weighted by atomic mass is 35.5. The standard InChI is InChI=1S/C16H13Cl2N3S/c17-10-5-3-6-11(14(10)18)21-15-13-9-4-1-2-7-12(9)22-16(13)20-8-19-15/h3,5-6,8H,1-2,4,7H2,(H,19,20,21). The third-order valence-electron chi connectivity index (χ3n) is 3.96. The summed E-state index contributed by atoms with van der Waals surface area (Å²) >= 11 is 14.1. The van der Waals surface area contributed by atoms with E-state index in [0.29, 0.717) is 10.0 Å². The topological polar surface area (TPSA) is 37.8 Å². The molecule has 2 aromatic heterocycles. The Morgan fingerprint density at radius 3 is 2.86 bits per heavy atom. The number of rotatable bonds is 2. The van der Waals surface area contributed by atoms with Crippen LogP contribution in [0.25, 0.3) is 10.2 Å². The molecule has 0 spiro atoms. The van der Waals surface area contributed by atoms with Gasteiger partial charge in [-0.2, -0.15) is 0 Å². The van der Waals surface area contributed by atoms with Gasteiger partial charge in [0, 0.05) is 4.88 Å². The van der Waals surface area contributed by atoms with E-state index >= 15 is 0 Å². The van der Waals surface area contributed by atoms with Crippen LogP contribution in [0.2, 0.25) is 10.0 Å². The lowest BCUT2D eigenvalue weighted by Crippen LogP contribution is -2.01. The molecule has 0 saturated carbocycles. The lowest BCUT2D eigenvalue weighted by atomic mass is 9.97. The van der Waals surface area contributed by atoms with E-state index in [2.05, 4.69) is 15.3 Å². The van der Waals surface area contributed by atoms with E-state index in [1.165, 1.54) is 23.3 Å². The molecule has 3 nitrogen and oxygen atoms in total. The van der Waals surface area contributed by atoms with Crippen LogP contribution in [-0.2, 0) is 12.8 Å². The Kier molecular flexibility index (Phi) is 3.68. The molecule has 6 heteroatoms. The van der Waals surface area contributed by atoms with Crippen LogP contribution in [0.3, 0.4) is 0 Å². The summed E-state index contributed by atoms with van der Waals surface area (Å²) in [6, 6.07) is 5.55. The molecule has 0 aliphatic heterocycles. The Hall–Kier alpha value is -1.36. The van der Waals surface area contributed by atoms with Crippen molar-refractivity contribution < 1.29 is 0 Å². The molecule has 1 aliphatic carbocycles. The zero-order chi connectivity index (χ0) is 15.1. The minimum Gasteiger partial charge on any atom is -0.338 e. The second-order valence-electron chi connectivity index (χ2n) is 5.34. The monoisotopic (exact) mass is 349 g/mol. The van der Waals surface area contributed by atoms with E-state index < -0.39 is 0 Å². The van der Waals surface area contributed by atoms with E-state index in [4.69, 9.17) is 23.2 Å². The van der Waals surface area contributed by atoms with E-state index in [0.717, 1.165) is 34.6 Å². The van der Waals surface area contributed by atoms with Crippen molar-refractivity contribution >= 4 is 56.3 Å². The van der Waals surface area contributed by atoms with E-state index in [1.807, 2.05) is 12.1 Å². The summed E-state index contributed by atoms with van der Waals surface area (Å²) < 4.78 is 0. The molecule has 2 heterocycles. The number of aromatic nitrogens is 2. The Balaban J connectivity index is 1.85. The highest BCUT2D eigenvalue weighted by molar-refractivity contribution is 7.19. The molecular weight excluding hydrogens is 337 g/mol. The van der Waals surface area contributed by atoms with Crippen LogP contribution in [-0.4, -0.2) is 9.97 Å². The van der Waals surface area contributed by atoms with Crippen LogP contribution in [0, 0.1) is 0 Å². The molecule has 0 radical (unpaired) electrons. The maximum Gasteiger partial charge on any atom is 0.142 e. The number of fused-ring (bicyclic) bond motifs is 3. The van der Waals surface area contributed by atoms with Gasteiger partial charge in [-0.3, -0.25) is 0 Å². The van der Waals surface area contributed by atoms with E-state index in [-0.39, 0.29) is 0 Å². The third-order valence-corrected chi connectivity index (χ3v) is 5.97. The molecule has 22 heavy (non-hydrogen) atoms. The highest BCUT2D eigenvalue weighted by Crippen LogP contribution is 2.40. The molecule has 0 fully saturated rings. The first-order chi connectivity index (χ1) is 10.7. The van der Waals surface area contributed by atoms with Gasteiger partial charge in [0.2, 0.25) is 0 Å². The van der Waals surface area contributed by atoms with E-state index in [9.17, 15) is 0 Å². The number of anilines is 2.